The molecule has 27 heavy (non-hydrogen) atoms. The molecule has 1 aliphatic heterocycles. The molecule has 1 amide bonds. The Bertz CT molecular complexity index is 793. The normalized spacial score (nSPS) is 16.1. The van der Waals surface area contributed by atoms with Crippen LogP contribution in [-0.4, -0.2) is 37.6 Å². The van der Waals surface area contributed by atoms with Crippen molar-refractivity contribution in [3.05, 3.63) is 69.9 Å². The second kappa shape index (κ2) is 8.95. The molecule has 1 aliphatic rings. The van der Waals surface area contributed by atoms with Crippen LogP contribution in [0.4, 0.5) is 4.39 Å². The first-order chi connectivity index (χ1) is 13.0. The molecule has 0 unspecified atom stereocenters. The molecular formula is C21H24BrFN2O2. The van der Waals surface area contributed by atoms with Crippen LogP contribution >= 0.6 is 15.9 Å². The van der Waals surface area contributed by atoms with E-state index in [1.54, 1.807) is 30.1 Å². The van der Waals surface area contributed by atoms with Gasteiger partial charge in [0.25, 0.3) is 0 Å². The highest BCUT2D eigenvalue weighted by atomic mass is 79.9. The topological polar surface area (TPSA) is 41.6 Å². The Morgan fingerprint density at radius 2 is 1.96 bits per heavy atom. The van der Waals surface area contributed by atoms with Crippen LogP contribution < -0.4 is 5.32 Å². The van der Waals surface area contributed by atoms with Gasteiger partial charge in [0, 0.05) is 42.4 Å². The first-order valence-electron chi connectivity index (χ1n) is 9.06. The number of carbonyl (C=O) groups excluding carboxylic acids is 1. The van der Waals surface area contributed by atoms with Gasteiger partial charge in [-0.2, -0.15) is 0 Å². The lowest BCUT2D eigenvalue weighted by atomic mass is 9.82. The van der Waals surface area contributed by atoms with Crippen LogP contribution in [0.2, 0.25) is 0 Å². The van der Waals surface area contributed by atoms with Gasteiger partial charge in [0.2, 0.25) is 5.91 Å². The quantitative estimate of drug-likeness (QED) is 0.750. The first-order valence-corrected chi connectivity index (χ1v) is 9.86. The van der Waals surface area contributed by atoms with Crippen molar-refractivity contribution in [3.63, 3.8) is 0 Å². The van der Waals surface area contributed by atoms with Gasteiger partial charge >= 0.3 is 0 Å². The Hall–Kier alpha value is -1.76. The maximum absolute atomic E-state index is 13.8. The van der Waals surface area contributed by atoms with Gasteiger partial charge in [-0.3, -0.25) is 10.1 Å². The average Bonchev–Trinajstić information content (AvgIpc) is 2.68. The molecule has 1 heterocycles. The number of hydrogen-bond acceptors (Lipinski definition) is 3. The van der Waals surface area contributed by atoms with Gasteiger partial charge in [0.05, 0.1) is 6.54 Å². The fourth-order valence-corrected chi connectivity index (χ4v) is 3.82. The Morgan fingerprint density at radius 3 is 2.67 bits per heavy atom. The van der Waals surface area contributed by atoms with Crippen molar-refractivity contribution >= 4 is 21.8 Å². The van der Waals surface area contributed by atoms with Crippen molar-refractivity contribution in [3.8, 4) is 0 Å². The van der Waals surface area contributed by atoms with E-state index >= 15 is 0 Å². The molecule has 3 rings (SSSR count). The maximum atomic E-state index is 13.8. The predicted molar refractivity (Wildman–Crippen MR) is 107 cm³/mol. The van der Waals surface area contributed by atoms with E-state index in [2.05, 4.69) is 33.4 Å². The van der Waals surface area contributed by atoms with E-state index in [0.29, 0.717) is 18.8 Å². The molecule has 0 bridgehead atoms. The minimum absolute atomic E-state index is 0.0703. The molecule has 1 N–H and O–H groups in total. The lowest BCUT2D eigenvalue weighted by molar-refractivity contribution is -0.130. The van der Waals surface area contributed by atoms with Crippen LogP contribution in [-0.2, 0) is 21.6 Å². The fourth-order valence-electron chi connectivity index (χ4n) is 3.42. The highest BCUT2D eigenvalue weighted by Crippen LogP contribution is 2.33. The van der Waals surface area contributed by atoms with E-state index in [0.717, 1.165) is 22.9 Å². The van der Waals surface area contributed by atoms with E-state index in [1.165, 1.54) is 6.07 Å². The molecule has 2 aromatic rings. The second-order valence-electron chi connectivity index (χ2n) is 6.90. The summed E-state index contributed by atoms with van der Waals surface area (Å²) < 4.78 is 20.4. The van der Waals surface area contributed by atoms with Crippen molar-refractivity contribution in [2.75, 3.05) is 26.8 Å². The lowest BCUT2D eigenvalue weighted by Gasteiger charge is -2.39. The predicted octanol–water partition coefficient (Wildman–Crippen LogP) is 3.84. The third kappa shape index (κ3) is 4.94. The molecule has 1 saturated heterocycles. The first kappa shape index (κ1) is 20.0. The Kier molecular flexibility index (Phi) is 6.63. The molecule has 1 fully saturated rings. The van der Waals surface area contributed by atoms with Crippen molar-refractivity contribution < 1.29 is 13.9 Å². The summed E-state index contributed by atoms with van der Waals surface area (Å²) in [5.74, 6) is -0.362. The van der Waals surface area contributed by atoms with Gasteiger partial charge in [-0.1, -0.05) is 46.3 Å². The minimum atomic E-state index is -0.295. The summed E-state index contributed by atoms with van der Waals surface area (Å²) in [5.41, 5.74) is 1.36. The summed E-state index contributed by atoms with van der Waals surface area (Å²) in [6.07, 6.45) is 1.60. The van der Waals surface area contributed by atoms with Crippen LogP contribution in [0, 0.1) is 5.82 Å². The van der Waals surface area contributed by atoms with E-state index < -0.39 is 0 Å². The molecule has 144 valence electrons. The smallest absolute Gasteiger partial charge is 0.236 e. The third-order valence-electron chi connectivity index (χ3n) is 5.09. The average molecular weight is 435 g/mol. The van der Waals surface area contributed by atoms with Crippen molar-refractivity contribution in [2.24, 2.45) is 0 Å². The van der Waals surface area contributed by atoms with Crippen molar-refractivity contribution in [1.82, 2.24) is 10.2 Å². The number of amides is 1. The molecule has 0 spiro atoms. The number of hydrogen-bond donors (Lipinski definition) is 1. The standard InChI is InChI=1S/C21H24BrFN2O2/c1-25(15-16-5-2-3-8-19(16)23)20(26)14-24-21(9-11-27-12-10-21)17-6-4-7-18(22)13-17/h2-8,13,24H,9-12,14-15H2,1H3. The molecule has 0 aromatic heterocycles. The molecule has 2 aromatic carbocycles. The van der Waals surface area contributed by atoms with Gasteiger partial charge in [0.1, 0.15) is 5.82 Å². The summed E-state index contributed by atoms with van der Waals surface area (Å²) >= 11 is 3.53. The third-order valence-corrected chi connectivity index (χ3v) is 5.59. The number of likely N-dealkylation sites (N-methyl/N-ethyl adjacent to an activating group) is 1. The van der Waals surface area contributed by atoms with E-state index in [4.69, 9.17) is 4.74 Å². The van der Waals surface area contributed by atoms with Gasteiger partial charge in [-0.05, 0) is 36.6 Å². The molecule has 0 aliphatic carbocycles. The molecular weight excluding hydrogens is 411 g/mol. The number of halogens is 2. The van der Waals surface area contributed by atoms with Crippen molar-refractivity contribution in [2.45, 2.75) is 24.9 Å². The van der Waals surface area contributed by atoms with Gasteiger partial charge in [-0.15, -0.1) is 0 Å². The van der Waals surface area contributed by atoms with Crippen LogP contribution in [0.25, 0.3) is 0 Å². The highest BCUT2D eigenvalue weighted by molar-refractivity contribution is 9.10. The van der Waals surface area contributed by atoms with Gasteiger partial charge in [-0.25, -0.2) is 4.39 Å². The minimum Gasteiger partial charge on any atom is -0.381 e. The van der Waals surface area contributed by atoms with Crippen LogP contribution in [0.1, 0.15) is 24.0 Å². The van der Waals surface area contributed by atoms with E-state index in [9.17, 15) is 9.18 Å². The fraction of sp³-hybridized carbons (Fsp3) is 0.381. The zero-order valence-corrected chi connectivity index (χ0v) is 17.0. The Morgan fingerprint density at radius 1 is 1.22 bits per heavy atom. The van der Waals surface area contributed by atoms with Crippen LogP contribution in [0.15, 0.2) is 53.0 Å². The van der Waals surface area contributed by atoms with Crippen LogP contribution in [0.3, 0.4) is 0 Å². The zero-order valence-electron chi connectivity index (χ0n) is 15.4. The summed E-state index contributed by atoms with van der Waals surface area (Å²) in [6, 6.07) is 14.7. The number of nitrogens with one attached hydrogen (secondary N) is 1. The molecule has 0 atom stereocenters. The number of carbonyl (C=O) groups is 1. The van der Waals surface area contributed by atoms with E-state index in [1.807, 2.05) is 12.1 Å². The van der Waals surface area contributed by atoms with Crippen molar-refractivity contribution in [1.29, 1.82) is 0 Å². The SMILES string of the molecule is CN(Cc1ccccc1F)C(=O)CNC1(c2cccc(Br)c2)CCOCC1. The largest absolute Gasteiger partial charge is 0.381 e. The number of ether oxygens (including phenoxy) is 1. The molecule has 4 nitrogen and oxygen atoms in total. The zero-order chi connectivity index (χ0) is 19.3. The Labute approximate surface area is 167 Å². The highest BCUT2D eigenvalue weighted by Gasteiger charge is 2.34. The van der Waals surface area contributed by atoms with Crippen LogP contribution in [0.5, 0.6) is 0 Å². The maximum Gasteiger partial charge on any atom is 0.236 e. The van der Waals surface area contributed by atoms with E-state index in [-0.39, 0.29) is 30.4 Å². The molecule has 0 radical (unpaired) electrons. The summed E-state index contributed by atoms with van der Waals surface area (Å²) in [4.78, 5) is 14.2. The van der Waals surface area contributed by atoms with Gasteiger partial charge < -0.3 is 9.64 Å². The molecule has 0 saturated carbocycles. The number of rotatable bonds is 6. The van der Waals surface area contributed by atoms with Gasteiger partial charge in [0.15, 0.2) is 0 Å². The molecule has 6 heteroatoms. The second-order valence-corrected chi connectivity index (χ2v) is 7.82. The Balaban J connectivity index is 1.68. The lowest BCUT2D eigenvalue weighted by Crippen LogP contribution is -2.50. The monoisotopic (exact) mass is 434 g/mol. The number of nitrogens with zero attached hydrogens (tertiary/aromatic N) is 1. The summed E-state index contributed by atoms with van der Waals surface area (Å²) in [5, 5.41) is 3.47. The number of benzene rings is 2. The summed E-state index contributed by atoms with van der Waals surface area (Å²) in [7, 11) is 1.70. The summed E-state index contributed by atoms with van der Waals surface area (Å²) in [6.45, 7) is 1.75.